The maximum atomic E-state index is 11.3. The van der Waals surface area contributed by atoms with Crippen LogP contribution in [-0.4, -0.2) is 17.7 Å². The Morgan fingerprint density at radius 2 is 1.87 bits per heavy atom. The molecule has 0 radical (unpaired) electrons. The van der Waals surface area contributed by atoms with Gasteiger partial charge in [-0.2, -0.15) is 0 Å². The van der Waals surface area contributed by atoms with E-state index in [4.69, 9.17) is 11.6 Å². The summed E-state index contributed by atoms with van der Waals surface area (Å²) in [6.45, 7) is 0.300. The molecule has 1 N–H and O–H groups in total. The number of nitrogens with one attached hydrogen (secondary N) is 1. The summed E-state index contributed by atoms with van der Waals surface area (Å²) in [5.74, 6) is -0.0980. The monoisotopic (exact) mass is 225 g/mol. The minimum absolute atomic E-state index is 0.0980. The van der Waals surface area contributed by atoms with E-state index in [-0.39, 0.29) is 12.3 Å². The lowest BCUT2D eigenvalue weighted by Crippen LogP contribution is -2.26. The van der Waals surface area contributed by atoms with E-state index in [9.17, 15) is 9.59 Å². The molecule has 0 aliphatic rings. The highest BCUT2D eigenvalue weighted by molar-refractivity contribution is 6.63. The summed E-state index contributed by atoms with van der Waals surface area (Å²) in [7, 11) is 0. The first kappa shape index (κ1) is 11.7. The van der Waals surface area contributed by atoms with Crippen LogP contribution in [0.5, 0.6) is 0 Å². The number of rotatable bonds is 5. The molecule has 1 amide bonds. The van der Waals surface area contributed by atoms with Gasteiger partial charge in [-0.1, -0.05) is 30.3 Å². The van der Waals surface area contributed by atoms with Crippen LogP contribution >= 0.6 is 11.6 Å². The van der Waals surface area contributed by atoms with Crippen LogP contribution in [0.1, 0.15) is 12.0 Å². The van der Waals surface area contributed by atoms with Crippen LogP contribution in [0.4, 0.5) is 0 Å². The molecule has 1 aromatic carbocycles. The zero-order chi connectivity index (χ0) is 11.1. The Balaban J connectivity index is 2.28. The Hall–Kier alpha value is -1.35. The van der Waals surface area contributed by atoms with Gasteiger partial charge in [0.25, 0.3) is 0 Å². The molecule has 0 saturated carbocycles. The lowest BCUT2D eigenvalue weighted by molar-refractivity contribution is -0.120. The molecular formula is C11H12ClNO2. The smallest absolute Gasteiger partial charge is 0.224 e. The number of amides is 1. The van der Waals surface area contributed by atoms with Gasteiger partial charge in [0, 0.05) is 13.0 Å². The summed E-state index contributed by atoms with van der Waals surface area (Å²) >= 11 is 5.13. The molecule has 3 nitrogen and oxygen atoms in total. The topological polar surface area (TPSA) is 46.2 Å². The Kier molecular flexibility index (Phi) is 4.84. The van der Waals surface area contributed by atoms with Gasteiger partial charge in [-0.05, 0) is 17.2 Å². The van der Waals surface area contributed by atoms with Crippen molar-refractivity contribution in [2.24, 2.45) is 0 Å². The van der Waals surface area contributed by atoms with E-state index < -0.39 is 5.24 Å². The minimum Gasteiger partial charge on any atom is -0.355 e. The summed E-state index contributed by atoms with van der Waals surface area (Å²) in [5, 5.41) is 2.18. The normalized spacial score (nSPS) is 9.67. The fraction of sp³-hybridized carbons (Fsp3) is 0.273. The predicted molar refractivity (Wildman–Crippen MR) is 58.6 cm³/mol. The molecule has 0 unspecified atom stereocenters. The first-order chi connectivity index (χ1) is 7.18. The van der Waals surface area contributed by atoms with E-state index in [1.807, 2.05) is 30.3 Å². The van der Waals surface area contributed by atoms with Crippen molar-refractivity contribution in [3.8, 4) is 0 Å². The third kappa shape index (κ3) is 5.18. The van der Waals surface area contributed by atoms with Crippen LogP contribution < -0.4 is 5.32 Å². The van der Waals surface area contributed by atoms with E-state index in [0.29, 0.717) is 13.0 Å². The highest BCUT2D eigenvalue weighted by Crippen LogP contribution is 1.99. The van der Waals surface area contributed by atoms with Crippen LogP contribution in [0.2, 0.25) is 0 Å². The van der Waals surface area contributed by atoms with Gasteiger partial charge in [-0.3, -0.25) is 9.59 Å². The second kappa shape index (κ2) is 6.19. The average molecular weight is 226 g/mol. The molecular weight excluding hydrogens is 214 g/mol. The number of halogens is 1. The molecule has 80 valence electrons. The molecule has 0 aliphatic heterocycles. The highest BCUT2D eigenvalue weighted by atomic mass is 35.5. The molecule has 0 bridgehead atoms. The van der Waals surface area contributed by atoms with Gasteiger partial charge >= 0.3 is 0 Å². The summed E-state index contributed by atoms with van der Waals surface area (Å²) in [6, 6.07) is 9.42. The van der Waals surface area contributed by atoms with Gasteiger partial charge in [0.05, 0.1) is 6.42 Å². The third-order valence-electron chi connectivity index (χ3n) is 1.85. The highest BCUT2D eigenvalue weighted by Gasteiger charge is 2.03. The summed E-state index contributed by atoms with van der Waals surface area (Å²) in [5.41, 5.74) is 0.951. The molecule has 1 aromatic rings. The molecule has 15 heavy (non-hydrogen) atoms. The van der Waals surface area contributed by atoms with E-state index in [2.05, 4.69) is 5.32 Å². The minimum atomic E-state index is -0.435. The fourth-order valence-corrected chi connectivity index (χ4v) is 1.24. The number of hydrogen-bond acceptors (Lipinski definition) is 2. The van der Waals surface area contributed by atoms with Crippen molar-refractivity contribution in [3.05, 3.63) is 35.9 Å². The van der Waals surface area contributed by atoms with Crippen molar-refractivity contribution in [1.29, 1.82) is 0 Å². The van der Waals surface area contributed by atoms with Gasteiger partial charge in [0.2, 0.25) is 11.1 Å². The van der Waals surface area contributed by atoms with Crippen LogP contribution in [0.3, 0.4) is 0 Å². The molecule has 0 aromatic heterocycles. The van der Waals surface area contributed by atoms with E-state index in [0.717, 1.165) is 5.56 Å². The SMILES string of the molecule is O=C(Cl)CCNC(=O)Cc1ccccc1. The molecule has 0 saturated heterocycles. The molecule has 4 heteroatoms. The molecule has 0 heterocycles. The van der Waals surface area contributed by atoms with Gasteiger partial charge in [0.15, 0.2) is 0 Å². The Morgan fingerprint density at radius 1 is 1.20 bits per heavy atom. The number of carbonyl (C=O) groups is 2. The summed E-state index contributed by atoms with van der Waals surface area (Å²) in [4.78, 5) is 21.7. The van der Waals surface area contributed by atoms with Crippen LogP contribution in [-0.2, 0) is 16.0 Å². The van der Waals surface area contributed by atoms with Crippen molar-refractivity contribution in [2.45, 2.75) is 12.8 Å². The zero-order valence-corrected chi connectivity index (χ0v) is 8.96. The molecule has 0 aliphatic carbocycles. The quantitative estimate of drug-likeness (QED) is 0.772. The maximum absolute atomic E-state index is 11.3. The summed E-state index contributed by atoms with van der Waals surface area (Å²) in [6.07, 6.45) is 0.499. The Bertz CT molecular complexity index is 338. The van der Waals surface area contributed by atoms with Gasteiger partial charge in [-0.15, -0.1) is 0 Å². The average Bonchev–Trinajstić information content (AvgIpc) is 2.18. The van der Waals surface area contributed by atoms with Crippen LogP contribution in [0, 0.1) is 0 Å². The molecule has 0 fully saturated rings. The zero-order valence-electron chi connectivity index (χ0n) is 8.20. The van der Waals surface area contributed by atoms with E-state index in [1.165, 1.54) is 0 Å². The lowest BCUT2D eigenvalue weighted by atomic mass is 10.1. The van der Waals surface area contributed by atoms with E-state index >= 15 is 0 Å². The van der Waals surface area contributed by atoms with Crippen molar-refractivity contribution < 1.29 is 9.59 Å². The Morgan fingerprint density at radius 3 is 2.47 bits per heavy atom. The molecule has 0 atom stereocenters. The Labute approximate surface area is 93.4 Å². The number of benzene rings is 1. The van der Waals surface area contributed by atoms with Crippen LogP contribution in [0.25, 0.3) is 0 Å². The van der Waals surface area contributed by atoms with Gasteiger partial charge < -0.3 is 5.32 Å². The predicted octanol–water partition coefficient (Wildman–Crippen LogP) is 1.50. The number of hydrogen-bond donors (Lipinski definition) is 1. The third-order valence-corrected chi connectivity index (χ3v) is 2.04. The van der Waals surface area contributed by atoms with Crippen molar-refractivity contribution in [3.63, 3.8) is 0 Å². The van der Waals surface area contributed by atoms with Crippen molar-refractivity contribution in [2.75, 3.05) is 6.54 Å². The van der Waals surface area contributed by atoms with Crippen LogP contribution in [0.15, 0.2) is 30.3 Å². The second-order valence-electron chi connectivity index (χ2n) is 3.12. The summed E-state index contributed by atoms with van der Waals surface area (Å²) < 4.78 is 0. The number of carbonyl (C=O) groups excluding carboxylic acids is 2. The van der Waals surface area contributed by atoms with Gasteiger partial charge in [0.1, 0.15) is 0 Å². The fourth-order valence-electron chi connectivity index (χ4n) is 1.14. The van der Waals surface area contributed by atoms with Crippen molar-refractivity contribution in [1.82, 2.24) is 5.32 Å². The second-order valence-corrected chi connectivity index (χ2v) is 3.54. The van der Waals surface area contributed by atoms with Gasteiger partial charge in [-0.25, -0.2) is 0 Å². The first-order valence-corrected chi connectivity index (χ1v) is 5.05. The maximum Gasteiger partial charge on any atom is 0.224 e. The lowest BCUT2D eigenvalue weighted by Gasteiger charge is -2.03. The molecule has 0 spiro atoms. The standard InChI is InChI=1S/C11H12ClNO2/c12-10(14)6-7-13-11(15)8-9-4-2-1-3-5-9/h1-5H,6-8H2,(H,13,15). The van der Waals surface area contributed by atoms with E-state index in [1.54, 1.807) is 0 Å². The molecule has 1 rings (SSSR count). The van der Waals surface area contributed by atoms with Crippen molar-refractivity contribution >= 4 is 22.8 Å². The largest absolute Gasteiger partial charge is 0.355 e. The first-order valence-electron chi connectivity index (χ1n) is 4.67.